The first kappa shape index (κ1) is 14.1. The van der Waals surface area contributed by atoms with Crippen molar-refractivity contribution in [1.29, 1.82) is 0 Å². The van der Waals surface area contributed by atoms with E-state index in [1.54, 1.807) is 25.2 Å². The third-order valence-electron chi connectivity index (χ3n) is 2.74. The summed E-state index contributed by atoms with van der Waals surface area (Å²) in [6, 6.07) is 8.82. The molecule has 0 saturated heterocycles. The molecule has 2 aromatic carbocycles. The van der Waals surface area contributed by atoms with E-state index in [1.165, 1.54) is 18.2 Å². The SMILES string of the molecule is CNC(=O)c1ccc(N)c(Nc2ccc(F)cc2Cl)c1. The second kappa shape index (κ2) is 5.79. The molecular weight excluding hydrogens is 281 g/mol. The van der Waals surface area contributed by atoms with Crippen LogP contribution in [0.25, 0.3) is 0 Å². The van der Waals surface area contributed by atoms with Crippen molar-refractivity contribution in [2.45, 2.75) is 0 Å². The Labute approximate surface area is 120 Å². The molecule has 0 radical (unpaired) electrons. The molecule has 2 rings (SSSR count). The fourth-order valence-corrected chi connectivity index (χ4v) is 1.90. The highest BCUT2D eigenvalue weighted by atomic mass is 35.5. The van der Waals surface area contributed by atoms with Crippen molar-refractivity contribution in [1.82, 2.24) is 5.32 Å². The van der Waals surface area contributed by atoms with Crippen LogP contribution in [0.5, 0.6) is 0 Å². The summed E-state index contributed by atoms with van der Waals surface area (Å²) in [7, 11) is 1.54. The monoisotopic (exact) mass is 293 g/mol. The van der Waals surface area contributed by atoms with E-state index in [0.717, 1.165) is 0 Å². The van der Waals surface area contributed by atoms with Gasteiger partial charge in [-0.2, -0.15) is 0 Å². The van der Waals surface area contributed by atoms with Crippen LogP contribution in [0.15, 0.2) is 36.4 Å². The largest absolute Gasteiger partial charge is 0.397 e. The van der Waals surface area contributed by atoms with Gasteiger partial charge < -0.3 is 16.4 Å². The van der Waals surface area contributed by atoms with E-state index in [1.807, 2.05) is 0 Å². The van der Waals surface area contributed by atoms with E-state index in [-0.39, 0.29) is 10.9 Å². The van der Waals surface area contributed by atoms with Gasteiger partial charge in [0.1, 0.15) is 5.82 Å². The molecule has 0 heterocycles. The number of halogens is 2. The van der Waals surface area contributed by atoms with E-state index in [9.17, 15) is 9.18 Å². The van der Waals surface area contributed by atoms with Crippen LogP contribution in [0.2, 0.25) is 5.02 Å². The lowest BCUT2D eigenvalue weighted by Crippen LogP contribution is -2.18. The number of carbonyl (C=O) groups excluding carboxylic acids is 1. The van der Waals surface area contributed by atoms with Gasteiger partial charge in [0.2, 0.25) is 0 Å². The van der Waals surface area contributed by atoms with Gasteiger partial charge in [-0.1, -0.05) is 11.6 Å². The lowest BCUT2D eigenvalue weighted by atomic mass is 10.1. The van der Waals surface area contributed by atoms with Crippen molar-refractivity contribution in [2.75, 3.05) is 18.1 Å². The Balaban J connectivity index is 2.35. The summed E-state index contributed by atoms with van der Waals surface area (Å²) in [5.74, 6) is -0.647. The molecule has 0 fully saturated rings. The molecule has 0 aliphatic heterocycles. The van der Waals surface area contributed by atoms with Crippen LogP contribution in [0, 0.1) is 5.82 Å². The molecule has 4 N–H and O–H groups in total. The zero-order valence-electron chi connectivity index (χ0n) is 10.7. The molecule has 0 bridgehead atoms. The molecule has 104 valence electrons. The first-order valence-electron chi connectivity index (χ1n) is 5.85. The number of carbonyl (C=O) groups is 1. The summed E-state index contributed by atoms with van der Waals surface area (Å²) in [6.45, 7) is 0. The van der Waals surface area contributed by atoms with Crippen molar-refractivity contribution in [3.8, 4) is 0 Å². The zero-order chi connectivity index (χ0) is 14.7. The molecule has 0 aromatic heterocycles. The van der Waals surface area contributed by atoms with Crippen molar-refractivity contribution < 1.29 is 9.18 Å². The van der Waals surface area contributed by atoms with Crippen molar-refractivity contribution in [3.05, 3.63) is 52.8 Å². The summed E-state index contributed by atoms with van der Waals surface area (Å²) >= 11 is 5.94. The standard InChI is InChI=1S/C14H13ClFN3O/c1-18-14(20)8-2-4-11(17)13(6-8)19-12-5-3-9(16)7-10(12)15/h2-7,19H,17H2,1H3,(H,18,20). The summed E-state index contributed by atoms with van der Waals surface area (Å²) in [5.41, 5.74) is 7.80. The number of anilines is 3. The number of nitrogen functional groups attached to an aromatic ring is 1. The minimum absolute atomic E-state index is 0.224. The Hall–Kier alpha value is -2.27. The minimum atomic E-state index is -0.423. The van der Waals surface area contributed by atoms with Gasteiger partial charge in [0.05, 0.1) is 22.1 Å². The molecule has 4 nitrogen and oxygen atoms in total. The van der Waals surface area contributed by atoms with E-state index >= 15 is 0 Å². The van der Waals surface area contributed by atoms with E-state index in [4.69, 9.17) is 17.3 Å². The van der Waals surface area contributed by atoms with Gasteiger partial charge in [0, 0.05) is 12.6 Å². The summed E-state index contributed by atoms with van der Waals surface area (Å²) in [5, 5.41) is 5.74. The van der Waals surface area contributed by atoms with Crippen LogP contribution in [-0.4, -0.2) is 13.0 Å². The fraction of sp³-hybridized carbons (Fsp3) is 0.0714. The third kappa shape index (κ3) is 3.00. The van der Waals surface area contributed by atoms with Crippen molar-refractivity contribution in [3.63, 3.8) is 0 Å². The van der Waals surface area contributed by atoms with Gasteiger partial charge in [-0.15, -0.1) is 0 Å². The summed E-state index contributed by atoms with van der Waals surface area (Å²) in [4.78, 5) is 11.6. The lowest BCUT2D eigenvalue weighted by molar-refractivity contribution is 0.0963. The number of nitrogens with one attached hydrogen (secondary N) is 2. The molecule has 0 spiro atoms. The topological polar surface area (TPSA) is 67.2 Å². The van der Waals surface area contributed by atoms with Gasteiger partial charge in [-0.25, -0.2) is 4.39 Å². The Morgan fingerprint density at radius 1 is 1.20 bits per heavy atom. The molecule has 0 unspecified atom stereocenters. The van der Waals surface area contributed by atoms with Gasteiger partial charge >= 0.3 is 0 Å². The Bertz CT molecular complexity index is 661. The van der Waals surface area contributed by atoms with Crippen LogP contribution in [-0.2, 0) is 0 Å². The van der Waals surface area contributed by atoms with Gasteiger partial charge in [-0.05, 0) is 36.4 Å². The normalized spacial score (nSPS) is 10.2. The molecule has 2 aromatic rings. The molecule has 0 aliphatic rings. The second-order valence-electron chi connectivity index (χ2n) is 4.13. The van der Waals surface area contributed by atoms with Gasteiger partial charge in [0.15, 0.2) is 0 Å². The molecule has 0 atom stereocenters. The van der Waals surface area contributed by atoms with Crippen LogP contribution in [0.1, 0.15) is 10.4 Å². The molecule has 0 saturated carbocycles. The number of hydrogen-bond acceptors (Lipinski definition) is 3. The molecular formula is C14H13ClFN3O. The van der Waals surface area contributed by atoms with Crippen molar-refractivity contribution in [2.24, 2.45) is 0 Å². The van der Waals surface area contributed by atoms with E-state index in [2.05, 4.69) is 10.6 Å². The van der Waals surface area contributed by atoms with Crippen LogP contribution < -0.4 is 16.4 Å². The highest BCUT2D eigenvalue weighted by Gasteiger charge is 2.09. The Kier molecular flexibility index (Phi) is 4.10. The first-order chi connectivity index (χ1) is 9.51. The fourth-order valence-electron chi connectivity index (χ4n) is 1.69. The molecule has 0 aliphatic carbocycles. The highest BCUT2D eigenvalue weighted by molar-refractivity contribution is 6.33. The quantitative estimate of drug-likeness (QED) is 0.762. The zero-order valence-corrected chi connectivity index (χ0v) is 11.5. The predicted octanol–water partition coefficient (Wildman–Crippen LogP) is 3.16. The molecule has 1 amide bonds. The van der Waals surface area contributed by atoms with E-state index < -0.39 is 5.82 Å². The molecule has 6 heteroatoms. The van der Waals surface area contributed by atoms with Gasteiger partial charge in [0.25, 0.3) is 5.91 Å². The Morgan fingerprint density at radius 2 is 1.95 bits per heavy atom. The molecule has 20 heavy (non-hydrogen) atoms. The predicted molar refractivity (Wildman–Crippen MR) is 78.9 cm³/mol. The maximum Gasteiger partial charge on any atom is 0.251 e. The average Bonchev–Trinajstić information content (AvgIpc) is 2.43. The number of nitrogens with two attached hydrogens (primary N) is 1. The first-order valence-corrected chi connectivity index (χ1v) is 6.22. The number of hydrogen-bond donors (Lipinski definition) is 3. The number of rotatable bonds is 3. The smallest absolute Gasteiger partial charge is 0.251 e. The third-order valence-corrected chi connectivity index (χ3v) is 3.06. The number of benzene rings is 2. The Morgan fingerprint density at radius 3 is 2.60 bits per heavy atom. The second-order valence-corrected chi connectivity index (χ2v) is 4.54. The highest BCUT2D eigenvalue weighted by Crippen LogP contribution is 2.29. The van der Waals surface area contributed by atoms with E-state index in [0.29, 0.717) is 22.6 Å². The maximum absolute atomic E-state index is 13.0. The van der Waals surface area contributed by atoms with Crippen LogP contribution in [0.4, 0.5) is 21.5 Å². The van der Waals surface area contributed by atoms with Crippen molar-refractivity contribution >= 4 is 34.6 Å². The summed E-state index contributed by atoms with van der Waals surface area (Å²) in [6.07, 6.45) is 0. The van der Waals surface area contributed by atoms with Crippen LogP contribution in [0.3, 0.4) is 0 Å². The van der Waals surface area contributed by atoms with Gasteiger partial charge in [-0.3, -0.25) is 4.79 Å². The summed E-state index contributed by atoms with van der Waals surface area (Å²) < 4.78 is 13.0. The van der Waals surface area contributed by atoms with Crippen LogP contribution >= 0.6 is 11.6 Å². The maximum atomic E-state index is 13.0. The number of amides is 1. The average molecular weight is 294 g/mol. The lowest BCUT2D eigenvalue weighted by Gasteiger charge is -2.12. The minimum Gasteiger partial charge on any atom is -0.397 e.